The summed E-state index contributed by atoms with van der Waals surface area (Å²) < 4.78 is 3.61. The maximum absolute atomic E-state index is 11.5. The van der Waals surface area contributed by atoms with Gasteiger partial charge in [-0.1, -0.05) is 48.5 Å². The van der Waals surface area contributed by atoms with Crippen molar-refractivity contribution in [2.24, 2.45) is 11.5 Å². The fraction of sp³-hybridized carbons (Fsp3) is 0.238. The zero-order chi connectivity index (χ0) is 39.6. The number of hydrogen-bond donors (Lipinski definition) is 6. The van der Waals surface area contributed by atoms with E-state index in [9.17, 15) is 19.2 Å². The zero-order valence-electron chi connectivity index (χ0n) is 30.7. The summed E-state index contributed by atoms with van der Waals surface area (Å²) in [5.41, 5.74) is 17.8. The standard InChI is InChI=1S/2C19H20N4O.C4H4O4/c2*20-19(24)17-5-1-3-15-12-23(22-18(15)17)16-8-6-13(7-9-16)14-4-2-10-21-11-14;5-3(6)1-2-4(7)8/h2*1,3,5-9,12,14,21H,2,4,10-11H2,(H2,20,24);1-2H,(H,5,6)(H,7,8)/b;;2-1+/t2*14-;/m11./s1. The smallest absolute Gasteiger partial charge is 0.328 e. The van der Waals surface area contributed by atoms with Gasteiger partial charge in [0.05, 0.1) is 22.5 Å². The van der Waals surface area contributed by atoms with E-state index in [-0.39, 0.29) is 0 Å². The molecule has 8 rings (SSSR count). The third-order valence-corrected chi connectivity index (χ3v) is 9.82. The molecular formula is C42H44N8O6. The number of piperidine rings is 2. The van der Waals surface area contributed by atoms with Crippen LogP contribution in [0.15, 0.2) is 109 Å². The number of amides is 2. The van der Waals surface area contributed by atoms with Gasteiger partial charge in [-0.05, 0) is 98.1 Å². The van der Waals surface area contributed by atoms with Crippen molar-refractivity contribution >= 4 is 45.6 Å². The Bertz CT molecular complexity index is 2190. The second-order valence-electron chi connectivity index (χ2n) is 13.6. The van der Waals surface area contributed by atoms with Crippen molar-refractivity contribution in [1.29, 1.82) is 0 Å². The quantitative estimate of drug-likeness (QED) is 0.115. The largest absolute Gasteiger partial charge is 0.478 e. The fourth-order valence-electron chi connectivity index (χ4n) is 6.97. The summed E-state index contributed by atoms with van der Waals surface area (Å²) in [5.74, 6) is -2.24. The second kappa shape index (κ2) is 18.1. The van der Waals surface area contributed by atoms with Gasteiger partial charge in [0.25, 0.3) is 11.8 Å². The summed E-state index contributed by atoms with van der Waals surface area (Å²) in [6, 6.07) is 28.0. The van der Waals surface area contributed by atoms with Gasteiger partial charge in [0, 0.05) is 48.4 Å². The van der Waals surface area contributed by atoms with Crippen molar-refractivity contribution in [2.45, 2.75) is 37.5 Å². The van der Waals surface area contributed by atoms with Crippen LogP contribution in [0.5, 0.6) is 0 Å². The highest BCUT2D eigenvalue weighted by atomic mass is 16.4. The van der Waals surface area contributed by atoms with Crippen molar-refractivity contribution in [2.75, 3.05) is 26.2 Å². The zero-order valence-corrected chi connectivity index (χ0v) is 30.7. The first kappa shape index (κ1) is 39.1. The van der Waals surface area contributed by atoms with Gasteiger partial charge in [-0.2, -0.15) is 10.2 Å². The van der Waals surface area contributed by atoms with Gasteiger partial charge in [-0.25, -0.2) is 19.0 Å². The lowest BCUT2D eigenvalue weighted by Gasteiger charge is -2.23. The Morgan fingerprint density at radius 2 is 1.00 bits per heavy atom. The first-order valence-electron chi connectivity index (χ1n) is 18.4. The van der Waals surface area contributed by atoms with Gasteiger partial charge in [0.15, 0.2) is 0 Å². The molecule has 6 aromatic rings. The van der Waals surface area contributed by atoms with Crippen LogP contribution in [-0.2, 0) is 9.59 Å². The molecule has 2 saturated heterocycles. The third kappa shape index (κ3) is 9.71. The summed E-state index contributed by atoms with van der Waals surface area (Å²) in [5, 5.41) is 33.4. The van der Waals surface area contributed by atoms with Crippen molar-refractivity contribution in [3.05, 3.63) is 132 Å². The van der Waals surface area contributed by atoms with E-state index < -0.39 is 23.8 Å². The molecule has 0 unspecified atom stereocenters. The predicted octanol–water partition coefficient (Wildman–Crippen LogP) is 4.89. The Morgan fingerprint density at radius 1 is 0.607 bits per heavy atom. The number of nitrogens with one attached hydrogen (secondary N) is 2. The molecule has 0 radical (unpaired) electrons. The minimum Gasteiger partial charge on any atom is -0.478 e. The van der Waals surface area contributed by atoms with Gasteiger partial charge in [-0.15, -0.1) is 0 Å². The first-order chi connectivity index (χ1) is 27.1. The number of carbonyl (C=O) groups is 4. The number of fused-ring (bicyclic) bond motifs is 2. The van der Waals surface area contributed by atoms with Crippen molar-refractivity contribution in [3.8, 4) is 11.4 Å². The van der Waals surface area contributed by atoms with E-state index in [1.807, 2.05) is 36.7 Å². The van der Waals surface area contributed by atoms with Crippen LogP contribution >= 0.6 is 0 Å². The molecule has 0 saturated carbocycles. The number of carboxylic acid groups (broad SMARTS) is 2. The highest BCUT2D eigenvalue weighted by molar-refractivity contribution is 6.05. The molecule has 2 amide bonds. The van der Waals surface area contributed by atoms with Crippen LogP contribution in [0.4, 0.5) is 0 Å². The highest BCUT2D eigenvalue weighted by Gasteiger charge is 2.17. The summed E-state index contributed by atoms with van der Waals surface area (Å²) in [7, 11) is 0. The second-order valence-corrected chi connectivity index (χ2v) is 13.6. The highest BCUT2D eigenvalue weighted by Crippen LogP contribution is 2.27. The number of hydrogen-bond acceptors (Lipinski definition) is 8. The Morgan fingerprint density at radius 3 is 1.32 bits per heavy atom. The van der Waals surface area contributed by atoms with Crippen LogP contribution < -0.4 is 22.1 Å². The fourth-order valence-corrected chi connectivity index (χ4v) is 6.97. The SMILES string of the molecule is NC(=O)c1cccc2cn(-c3ccc([C@@H]4CCCNC4)cc3)nc12.NC(=O)c1cccc2cn(-c3ccc([C@@H]4CCCNC4)cc3)nc12.O=C(O)/C=C/C(=O)O. The van der Waals surface area contributed by atoms with Crippen molar-refractivity contribution < 1.29 is 29.4 Å². The summed E-state index contributed by atoms with van der Waals surface area (Å²) in [6.07, 6.45) is 9.90. The maximum Gasteiger partial charge on any atom is 0.328 e. The van der Waals surface area contributed by atoms with Gasteiger partial charge >= 0.3 is 11.9 Å². The van der Waals surface area contributed by atoms with Gasteiger partial charge in [0.2, 0.25) is 0 Å². The van der Waals surface area contributed by atoms with Gasteiger partial charge in [-0.3, -0.25) is 9.59 Å². The minimum atomic E-state index is -1.26. The molecule has 56 heavy (non-hydrogen) atoms. The van der Waals surface area contributed by atoms with E-state index in [4.69, 9.17) is 21.7 Å². The monoisotopic (exact) mass is 756 g/mol. The molecular weight excluding hydrogens is 713 g/mol. The third-order valence-electron chi connectivity index (χ3n) is 9.82. The van der Waals surface area contributed by atoms with Crippen LogP contribution in [0.2, 0.25) is 0 Å². The molecule has 2 aliphatic rings. The summed E-state index contributed by atoms with van der Waals surface area (Å²) in [6.45, 7) is 4.34. The molecule has 14 nitrogen and oxygen atoms in total. The lowest BCUT2D eigenvalue weighted by atomic mass is 9.92. The molecule has 8 N–H and O–H groups in total. The normalized spacial score (nSPS) is 16.7. The number of aliphatic carboxylic acids is 2. The van der Waals surface area contributed by atoms with E-state index >= 15 is 0 Å². The number of nitrogens with two attached hydrogens (primary N) is 2. The van der Waals surface area contributed by atoms with E-state index in [1.165, 1.54) is 36.8 Å². The first-order valence-corrected chi connectivity index (χ1v) is 18.4. The summed E-state index contributed by atoms with van der Waals surface area (Å²) in [4.78, 5) is 42.2. The minimum absolute atomic E-state index is 0.453. The van der Waals surface area contributed by atoms with Crippen molar-refractivity contribution in [3.63, 3.8) is 0 Å². The average molecular weight is 757 g/mol. The Labute approximate surface area is 322 Å². The maximum atomic E-state index is 11.5. The number of carbonyl (C=O) groups excluding carboxylic acids is 2. The average Bonchev–Trinajstić information content (AvgIpc) is 3.87. The van der Waals surface area contributed by atoms with Crippen LogP contribution in [0.25, 0.3) is 33.2 Å². The Kier molecular flexibility index (Phi) is 12.6. The van der Waals surface area contributed by atoms with Gasteiger partial charge < -0.3 is 32.3 Å². The van der Waals surface area contributed by atoms with E-state index in [2.05, 4.69) is 69.4 Å². The lowest BCUT2D eigenvalue weighted by molar-refractivity contribution is -0.134. The number of primary amides is 2. The number of rotatable bonds is 8. The molecule has 2 aromatic heterocycles. The van der Waals surface area contributed by atoms with Gasteiger partial charge in [0.1, 0.15) is 11.0 Å². The molecule has 0 bridgehead atoms. The number of aromatic nitrogens is 4. The number of benzene rings is 4. The van der Waals surface area contributed by atoms with E-state index in [0.717, 1.165) is 48.3 Å². The topological polar surface area (TPSA) is 220 Å². The molecule has 4 heterocycles. The van der Waals surface area contributed by atoms with E-state index in [1.54, 1.807) is 21.5 Å². The van der Waals surface area contributed by atoms with Crippen LogP contribution in [0, 0.1) is 0 Å². The van der Waals surface area contributed by atoms with Crippen molar-refractivity contribution in [1.82, 2.24) is 30.2 Å². The molecule has 0 aliphatic carbocycles. The Hall–Kier alpha value is -6.64. The predicted molar refractivity (Wildman–Crippen MR) is 213 cm³/mol. The summed E-state index contributed by atoms with van der Waals surface area (Å²) >= 11 is 0. The lowest BCUT2D eigenvalue weighted by Crippen LogP contribution is -2.28. The van der Waals surface area contributed by atoms with Crippen LogP contribution in [-0.4, -0.2) is 79.7 Å². The number of nitrogens with zero attached hydrogens (tertiary/aromatic N) is 4. The number of carboxylic acids is 2. The molecule has 2 aliphatic heterocycles. The Balaban J connectivity index is 0.000000160. The van der Waals surface area contributed by atoms with Crippen LogP contribution in [0.3, 0.4) is 0 Å². The molecule has 2 fully saturated rings. The molecule has 2 atom stereocenters. The molecule has 288 valence electrons. The van der Waals surface area contributed by atoms with E-state index in [0.29, 0.717) is 46.1 Å². The van der Waals surface area contributed by atoms with Crippen LogP contribution in [0.1, 0.15) is 69.4 Å². The molecule has 14 heteroatoms. The molecule has 0 spiro atoms. The molecule has 4 aromatic carbocycles.